The third-order valence-corrected chi connectivity index (χ3v) is 18.4. The van der Waals surface area contributed by atoms with Gasteiger partial charge in [-0.25, -0.2) is 4.67 Å². The predicted molar refractivity (Wildman–Crippen MR) is 241 cm³/mol. The van der Waals surface area contributed by atoms with E-state index >= 15 is 0 Å². The molecule has 5 atom stereocenters. The van der Waals surface area contributed by atoms with Crippen LogP contribution < -0.4 is 14.8 Å². The molecule has 0 aliphatic carbocycles. The summed E-state index contributed by atoms with van der Waals surface area (Å²) in [6.07, 6.45) is -2.43. The number of rotatable bonds is 19. The molecule has 5 rings (SSSR count). The van der Waals surface area contributed by atoms with Crippen molar-refractivity contribution in [3.05, 3.63) is 95.6 Å². The number of carbonyl (C=O) groups excluding carboxylic acids is 1. The average molecular weight is 879 g/mol. The van der Waals surface area contributed by atoms with Crippen molar-refractivity contribution in [1.29, 1.82) is 5.26 Å². The fraction of sp³-hybridized carbons (Fsp3) is 0.533. The summed E-state index contributed by atoms with van der Waals surface area (Å²) in [6.45, 7) is 20.0. The van der Waals surface area contributed by atoms with Crippen molar-refractivity contribution < 1.29 is 37.2 Å². The summed E-state index contributed by atoms with van der Waals surface area (Å²) in [5.74, 6) is 1.28. The number of hydrogen-bond acceptors (Lipinski definition) is 11. The van der Waals surface area contributed by atoms with Crippen LogP contribution in [0.15, 0.2) is 78.9 Å². The first-order valence-electron chi connectivity index (χ1n) is 20.6. The minimum atomic E-state index is -2.54. The van der Waals surface area contributed by atoms with Crippen LogP contribution in [0.2, 0.25) is 18.1 Å². The molecule has 0 aromatic heterocycles. The summed E-state index contributed by atoms with van der Waals surface area (Å²) in [5, 5.41) is 12.5. The molecule has 1 amide bonds. The van der Waals surface area contributed by atoms with Gasteiger partial charge in [0.1, 0.15) is 35.4 Å². The summed E-state index contributed by atoms with van der Waals surface area (Å²) in [5.41, 5.74) is 1.49. The molecular formula is C45H63N4O8PSSi. The molecule has 2 saturated heterocycles. The smallest absolute Gasteiger partial charge is 0.259 e. The highest BCUT2D eigenvalue weighted by atomic mass is 32.1. The molecule has 12 nitrogen and oxygen atoms in total. The molecule has 0 bridgehead atoms. The molecule has 1 N–H and O–H groups in total. The molecule has 15 heteroatoms. The van der Waals surface area contributed by atoms with Crippen LogP contribution in [-0.2, 0) is 33.3 Å². The van der Waals surface area contributed by atoms with E-state index in [0.717, 1.165) is 16.7 Å². The summed E-state index contributed by atoms with van der Waals surface area (Å²) in [6, 6.07) is 28.2. The van der Waals surface area contributed by atoms with E-state index in [1.807, 2.05) is 71.6 Å². The molecular weight excluding hydrogens is 816 g/mol. The van der Waals surface area contributed by atoms with Crippen LogP contribution in [0.25, 0.3) is 0 Å². The molecule has 3 aromatic carbocycles. The molecule has 2 fully saturated rings. The van der Waals surface area contributed by atoms with Gasteiger partial charge in [-0.05, 0) is 99.0 Å². The van der Waals surface area contributed by atoms with Crippen LogP contribution in [0.4, 0.5) is 0 Å². The number of methoxy groups -OCH3 is 2. The van der Waals surface area contributed by atoms with Crippen LogP contribution in [0.1, 0.15) is 78.0 Å². The van der Waals surface area contributed by atoms with E-state index in [4.69, 9.17) is 44.6 Å². The Morgan fingerprint density at radius 1 is 0.917 bits per heavy atom. The summed E-state index contributed by atoms with van der Waals surface area (Å²) >= 11 is 5.83. The third-order valence-electron chi connectivity index (χ3n) is 11.4. The van der Waals surface area contributed by atoms with Crippen molar-refractivity contribution in [2.75, 3.05) is 34.0 Å². The Balaban J connectivity index is 1.70. The Bertz CT molecular complexity index is 1850. The number of hydrogen-bond donors (Lipinski definition) is 1. The number of nitrogens with one attached hydrogen (secondary N) is 1. The standard InChI is InChI=1S/C45H63N4O8PSSi/c1-31(2)49(32(3)4)58(54-29-15-27-46)56-40-38(55-42(48-28-26-39(50)47-43(48)59)41(40)57-60(10,11)44(5,6)7)30-53-45(33-16-13-12-14-17-33,34-18-22-36(51-8)23-19-34)35-20-24-37(52-9)25-21-35/h12-14,16-25,31-32,38,40-42H,15,26,28-30H2,1-11H3,(H,47,50,59)/t38-,40+,41?,42-,58?/m1/s1. The molecule has 326 valence electrons. The number of amides is 1. The average Bonchev–Trinajstić information content (AvgIpc) is 3.53. The van der Waals surface area contributed by atoms with Crippen LogP contribution in [0, 0.1) is 11.3 Å². The fourth-order valence-electron chi connectivity index (χ4n) is 7.36. The number of ether oxygens (including phenoxy) is 4. The van der Waals surface area contributed by atoms with E-state index in [0.29, 0.717) is 18.0 Å². The summed E-state index contributed by atoms with van der Waals surface area (Å²) in [7, 11) is -1.00. The highest BCUT2D eigenvalue weighted by Crippen LogP contribution is 2.52. The van der Waals surface area contributed by atoms with Gasteiger partial charge >= 0.3 is 0 Å². The van der Waals surface area contributed by atoms with E-state index in [1.165, 1.54) is 0 Å². The second kappa shape index (κ2) is 20.6. The van der Waals surface area contributed by atoms with Gasteiger partial charge in [0, 0.05) is 25.0 Å². The molecule has 2 aliphatic heterocycles. The van der Waals surface area contributed by atoms with Gasteiger partial charge in [-0.15, -0.1) is 0 Å². The molecule has 2 aliphatic rings. The highest BCUT2D eigenvalue weighted by molar-refractivity contribution is 7.80. The largest absolute Gasteiger partial charge is 0.497 e. The first kappa shape index (κ1) is 47.6. The van der Waals surface area contributed by atoms with Crippen LogP contribution >= 0.6 is 20.7 Å². The second-order valence-electron chi connectivity index (χ2n) is 17.1. The lowest BCUT2D eigenvalue weighted by atomic mass is 9.80. The molecule has 0 spiro atoms. The lowest BCUT2D eigenvalue weighted by molar-refractivity contribution is -0.125. The number of thiocarbonyl (C=S) groups is 1. The van der Waals surface area contributed by atoms with Gasteiger partial charge in [-0.1, -0.05) is 75.4 Å². The van der Waals surface area contributed by atoms with Gasteiger partial charge in [0.2, 0.25) is 5.91 Å². The number of nitriles is 1. The topological polar surface area (TPSA) is 124 Å². The first-order chi connectivity index (χ1) is 28.5. The van der Waals surface area contributed by atoms with Crippen LogP contribution in [0.3, 0.4) is 0 Å². The molecule has 2 unspecified atom stereocenters. The Labute approximate surface area is 364 Å². The van der Waals surface area contributed by atoms with E-state index in [9.17, 15) is 10.1 Å². The van der Waals surface area contributed by atoms with Crippen molar-refractivity contribution in [2.24, 2.45) is 0 Å². The number of carbonyl (C=O) groups is 1. The molecule has 3 aromatic rings. The van der Waals surface area contributed by atoms with Crippen molar-refractivity contribution >= 4 is 40.1 Å². The lowest BCUT2D eigenvalue weighted by Crippen LogP contribution is -2.59. The molecule has 0 saturated carbocycles. The van der Waals surface area contributed by atoms with E-state index in [1.54, 1.807) is 14.2 Å². The maximum Gasteiger partial charge on any atom is 0.259 e. The van der Waals surface area contributed by atoms with E-state index in [2.05, 4.69) is 89.7 Å². The number of benzene rings is 3. The molecule has 0 radical (unpaired) electrons. The van der Waals surface area contributed by atoms with Gasteiger partial charge in [0.15, 0.2) is 19.7 Å². The van der Waals surface area contributed by atoms with E-state index in [-0.39, 0.29) is 54.2 Å². The van der Waals surface area contributed by atoms with Crippen LogP contribution in [-0.4, -0.2) is 99.5 Å². The SMILES string of the molecule is COc1ccc(C(OC[C@H]2O[C@@H](N3CCC(=O)NC3=S)C(O[Si](C)(C)C(C)(C)C)[C@H]2OP(OCCC#N)N(C(C)C)C(C)C)(c2ccccc2)c2ccc(OC)cc2)cc1. The zero-order valence-electron chi connectivity index (χ0n) is 37.0. The van der Waals surface area contributed by atoms with Gasteiger partial charge in [-0.2, -0.15) is 5.26 Å². The second-order valence-corrected chi connectivity index (χ2v) is 23.7. The maximum absolute atomic E-state index is 12.6. The van der Waals surface area contributed by atoms with Crippen molar-refractivity contribution in [2.45, 2.75) is 122 Å². The molecule has 60 heavy (non-hydrogen) atoms. The third kappa shape index (κ3) is 10.8. The summed E-state index contributed by atoms with van der Waals surface area (Å²) in [4.78, 5) is 14.5. The predicted octanol–water partition coefficient (Wildman–Crippen LogP) is 8.90. The first-order valence-corrected chi connectivity index (χ1v) is 25.1. The number of nitrogens with zero attached hydrogens (tertiary/aromatic N) is 3. The lowest BCUT2D eigenvalue weighted by Gasteiger charge is -2.44. The van der Waals surface area contributed by atoms with Crippen LogP contribution in [0.5, 0.6) is 11.5 Å². The Hall–Kier alpha value is -3.48. The van der Waals surface area contributed by atoms with Crippen molar-refractivity contribution in [3.63, 3.8) is 0 Å². The Morgan fingerprint density at radius 2 is 1.47 bits per heavy atom. The van der Waals surface area contributed by atoms with Crippen molar-refractivity contribution in [1.82, 2.24) is 14.9 Å². The molecule has 2 heterocycles. The Kier molecular flexibility index (Phi) is 16.3. The minimum absolute atomic E-state index is 0.0448. The zero-order chi connectivity index (χ0) is 43.8. The highest BCUT2D eigenvalue weighted by Gasteiger charge is 2.56. The fourth-order valence-corrected chi connectivity index (χ4v) is 10.7. The summed E-state index contributed by atoms with van der Waals surface area (Å²) < 4.78 is 49.2. The van der Waals surface area contributed by atoms with E-state index < -0.39 is 47.0 Å². The van der Waals surface area contributed by atoms with Gasteiger partial charge in [0.05, 0.1) is 39.9 Å². The van der Waals surface area contributed by atoms with Gasteiger partial charge in [0.25, 0.3) is 8.53 Å². The maximum atomic E-state index is 12.6. The quantitative estimate of drug-likeness (QED) is 0.0407. The Morgan fingerprint density at radius 3 is 1.95 bits per heavy atom. The zero-order valence-corrected chi connectivity index (χ0v) is 39.7. The van der Waals surface area contributed by atoms with Gasteiger partial charge < -0.3 is 42.6 Å². The normalized spacial score (nSPS) is 20.7. The van der Waals surface area contributed by atoms with Crippen molar-refractivity contribution in [3.8, 4) is 17.6 Å². The van der Waals surface area contributed by atoms with Gasteiger partial charge in [-0.3, -0.25) is 4.79 Å². The monoisotopic (exact) mass is 878 g/mol. The minimum Gasteiger partial charge on any atom is -0.497 e.